The van der Waals surface area contributed by atoms with E-state index in [0.717, 1.165) is 38.2 Å². The van der Waals surface area contributed by atoms with E-state index in [-0.39, 0.29) is 6.09 Å². The van der Waals surface area contributed by atoms with E-state index in [0.29, 0.717) is 11.2 Å². The molecule has 2 heterocycles. The molecule has 0 N–H and O–H groups in total. The molecule has 2 rings (SSSR count). The Bertz CT molecular complexity index is 522. The highest BCUT2D eigenvalue weighted by Gasteiger charge is 2.28. The van der Waals surface area contributed by atoms with E-state index in [1.807, 2.05) is 26.8 Å². The first-order chi connectivity index (χ1) is 10.7. The zero-order valence-electron chi connectivity index (χ0n) is 14.3. The maximum absolute atomic E-state index is 12.1. The van der Waals surface area contributed by atoms with E-state index in [4.69, 9.17) is 16.3 Å². The lowest BCUT2D eigenvalue weighted by molar-refractivity contribution is 0.0152. The molecular weight excluding hydrogens is 316 g/mol. The minimum absolute atomic E-state index is 0.220. The fourth-order valence-corrected chi connectivity index (χ4v) is 2.73. The van der Waals surface area contributed by atoms with Gasteiger partial charge < -0.3 is 9.64 Å². The van der Waals surface area contributed by atoms with E-state index < -0.39 is 5.60 Å². The minimum Gasteiger partial charge on any atom is -0.444 e. The van der Waals surface area contributed by atoms with Crippen molar-refractivity contribution >= 4 is 17.7 Å². The highest BCUT2D eigenvalue weighted by atomic mass is 35.5. The first-order valence-corrected chi connectivity index (χ1v) is 8.28. The Hall–Kier alpha value is -1.40. The van der Waals surface area contributed by atoms with Crippen molar-refractivity contribution in [2.24, 2.45) is 0 Å². The molecule has 0 bridgehead atoms. The van der Waals surface area contributed by atoms with Gasteiger partial charge in [-0.25, -0.2) is 4.79 Å². The number of amides is 1. The molecule has 1 fully saturated rings. The Morgan fingerprint density at radius 3 is 2.52 bits per heavy atom. The number of likely N-dealkylation sites (tertiary alicyclic amines) is 1. The molecule has 1 aliphatic rings. The van der Waals surface area contributed by atoms with Crippen LogP contribution in [0.1, 0.15) is 39.3 Å². The largest absolute Gasteiger partial charge is 0.444 e. The Balaban J connectivity index is 1.81. The maximum Gasteiger partial charge on any atom is 0.410 e. The fourth-order valence-electron chi connectivity index (χ4n) is 2.63. The van der Waals surface area contributed by atoms with E-state index in [9.17, 15) is 4.79 Å². The Morgan fingerprint density at radius 2 is 2.00 bits per heavy atom. The average molecular weight is 341 g/mol. The summed E-state index contributed by atoms with van der Waals surface area (Å²) in [5, 5.41) is 8.36. The first kappa shape index (κ1) is 17.9. The van der Waals surface area contributed by atoms with Gasteiger partial charge in [-0.1, -0.05) is 11.6 Å². The molecule has 128 valence electrons. The SMILES string of the molecule is CN(Cc1ccc(Cl)nn1)C1CCN(C(=O)OC(C)(C)C)CC1. The van der Waals surface area contributed by atoms with Crippen LogP contribution in [0.25, 0.3) is 0 Å². The third-order valence-corrected chi connectivity index (χ3v) is 4.04. The highest BCUT2D eigenvalue weighted by Crippen LogP contribution is 2.19. The van der Waals surface area contributed by atoms with Crippen LogP contribution in [-0.2, 0) is 11.3 Å². The van der Waals surface area contributed by atoms with Crippen LogP contribution in [0.15, 0.2) is 12.1 Å². The number of carbonyl (C=O) groups excluding carboxylic acids is 1. The molecule has 0 aliphatic carbocycles. The molecule has 0 aromatic carbocycles. The van der Waals surface area contributed by atoms with Gasteiger partial charge in [0.25, 0.3) is 0 Å². The zero-order chi connectivity index (χ0) is 17.0. The second kappa shape index (κ2) is 7.45. The molecule has 0 atom stereocenters. The Morgan fingerprint density at radius 1 is 1.35 bits per heavy atom. The van der Waals surface area contributed by atoms with Crippen LogP contribution in [0.4, 0.5) is 4.79 Å². The van der Waals surface area contributed by atoms with Gasteiger partial charge in [0, 0.05) is 25.7 Å². The molecular formula is C16H25ClN4O2. The van der Waals surface area contributed by atoms with Gasteiger partial charge >= 0.3 is 6.09 Å². The summed E-state index contributed by atoms with van der Waals surface area (Å²) in [6, 6.07) is 4.07. The number of aromatic nitrogens is 2. The summed E-state index contributed by atoms with van der Waals surface area (Å²) in [4.78, 5) is 16.1. The van der Waals surface area contributed by atoms with Crippen LogP contribution in [0.3, 0.4) is 0 Å². The molecule has 7 heteroatoms. The van der Waals surface area contributed by atoms with E-state index >= 15 is 0 Å². The molecule has 0 unspecified atom stereocenters. The van der Waals surface area contributed by atoms with Crippen molar-refractivity contribution in [3.63, 3.8) is 0 Å². The van der Waals surface area contributed by atoms with Crippen LogP contribution < -0.4 is 0 Å². The number of carbonyl (C=O) groups is 1. The molecule has 23 heavy (non-hydrogen) atoms. The lowest BCUT2D eigenvalue weighted by Gasteiger charge is -2.37. The molecule has 1 aliphatic heterocycles. The summed E-state index contributed by atoms with van der Waals surface area (Å²) in [6.07, 6.45) is 1.63. The van der Waals surface area contributed by atoms with Gasteiger partial charge in [-0.05, 0) is 52.8 Å². The number of nitrogens with zero attached hydrogens (tertiary/aromatic N) is 4. The molecule has 0 saturated carbocycles. The smallest absolute Gasteiger partial charge is 0.410 e. The van der Waals surface area contributed by atoms with Gasteiger partial charge in [-0.2, -0.15) is 5.10 Å². The van der Waals surface area contributed by atoms with Crippen LogP contribution in [-0.4, -0.2) is 57.9 Å². The Kier molecular flexibility index (Phi) is 5.81. The third kappa shape index (κ3) is 5.62. The van der Waals surface area contributed by atoms with Crippen molar-refractivity contribution in [3.05, 3.63) is 23.0 Å². The monoisotopic (exact) mass is 340 g/mol. The summed E-state index contributed by atoms with van der Waals surface area (Å²) < 4.78 is 5.42. The van der Waals surface area contributed by atoms with E-state index in [2.05, 4.69) is 22.1 Å². The number of halogens is 1. The molecule has 6 nitrogen and oxygen atoms in total. The lowest BCUT2D eigenvalue weighted by atomic mass is 10.0. The number of piperidine rings is 1. The van der Waals surface area contributed by atoms with Crippen LogP contribution in [0, 0.1) is 0 Å². The normalized spacial score (nSPS) is 16.7. The van der Waals surface area contributed by atoms with Crippen molar-refractivity contribution in [2.45, 2.75) is 51.8 Å². The molecule has 1 saturated heterocycles. The molecule has 0 spiro atoms. The second-order valence-corrected chi connectivity index (χ2v) is 7.35. The van der Waals surface area contributed by atoms with Crippen molar-refractivity contribution in [1.29, 1.82) is 0 Å². The first-order valence-electron chi connectivity index (χ1n) is 7.91. The predicted octanol–water partition coefficient (Wildman–Crippen LogP) is 2.96. The van der Waals surface area contributed by atoms with Gasteiger partial charge in [0.2, 0.25) is 0 Å². The summed E-state index contributed by atoms with van der Waals surface area (Å²) in [6.45, 7) is 7.82. The quantitative estimate of drug-likeness (QED) is 0.846. The summed E-state index contributed by atoms with van der Waals surface area (Å²) in [5.41, 5.74) is 0.448. The van der Waals surface area contributed by atoms with Crippen molar-refractivity contribution in [3.8, 4) is 0 Å². The molecule has 0 radical (unpaired) electrons. The molecule has 1 aromatic rings. The van der Waals surface area contributed by atoms with E-state index in [1.165, 1.54) is 0 Å². The van der Waals surface area contributed by atoms with Crippen molar-refractivity contribution in [1.82, 2.24) is 20.0 Å². The van der Waals surface area contributed by atoms with Gasteiger partial charge in [-0.3, -0.25) is 4.90 Å². The van der Waals surface area contributed by atoms with Gasteiger partial charge in [0.1, 0.15) is 5.60 Å². The topological polar surface area (TPSA) is 58.6 Å². The van der Waals surface area contributed by atoms with Crippen molar-refractivity contribution in [2.75, 3.05) is 20.1 Å². The van der Waals surface area contributed by atoms with Crippen LogP contribution in [0.5, 0.6) is 0 Å². The van der Waals surface area contributed by atoms with Crippen LogP contribution in [0.2, 0.25) is 5.15 Å². The number of hydrogen-bond acceptors (Lipinski definition) is 5. The number of rotatable bonds is 3. The maximum atomic E-state index is 12.1. The van der Waals surface area contributed by atoms with Crippen molar-refractivity contribution < 1.29 is 9.53 Å². The summed E-state index contributed by atoms with van der Waals surface area (Å²) in [5.74, 6) is 0. The van der Waals surface area contributed by atoms with Crippen LogP contribution >= 0.6 is 11.6 Å². The summed E-state index contributed by atoms with van der Waals surface area (Å²) >= 11 is 5.75. The average Bonchev–Trinajstić information content (AvgIpc) is 2.48. The minimum atomic E-state index is -0.446. The molecule has 1 amide bonds. The highest BCUT2D eigenvalue weighted by molar-refractivity contribution is 6.29. The third-order valence-electron chi connectivity index (χ3n) is 3.84. The Labute approximate surface area is 142 Å². The van der Waals surface area contributed by atoms with Gasteiger partial charge in [0.05, 0.1) is 5.69 Å². The lowest BCUT2D eigenvalue weighted by Crippen LogP contribution is -2.46. The van der Waals surface area contributed by atoms with Gasteiger partial charge in [-0.15, -0.1) is 5.10 Å². The standard InChI is InChI=1S/C16H25ClN4O2/c1-16(2,3)23-15(22)21-9-7-13(8-10-21)20(4)11-12-5-6-14(17)19-18-12/h5-6,13H,7-11H2,1-4H3. The predicted molar refractivity (Wildman–Crippen MR) is 89.3 cm³/mol. The van der Waals surface area contributed by atoms with E-state index in [1.54, 1.807) is 11.0 Å². The second-order valence-electron chi connectivity index (χ2n) is 6.96. The fraction of sp³-hybridized carbons (Fsp3) is 0.688. The number of hydrogen-bond donors (Lipinski definition) is 0. The summed E-state index contributed by atoms with van der Waals surface area (Å²) in [7, 11) is 2.07. The van der Waals surface area contributed by atoms with Gasteiger partial charge in [0.15, 0.2) is 5.15 Å². The zero-order valence-corrected chi connectivity index (χ0v) is 15.0. The number of ether oxygens (including phenoxy) is 1. The molecule has 1 aromatic heterocycles.